The van der Waals surface area contributed by atoms with Crippen molar-refractivity contribution in [2.45, 2.75) is 33.3 Å². The van der Waals surface area contributed by atoms with Crippen molar-refractivity contribution < 1.29 is 4.74 Å². The average molecular weight is 344 g/mol. The Labute approximate surface area is 125 Å². The monoisotopic (exact) mass is 343 g/mol. The SMILES string of the molecule is CCc1nn(C)c(COCCc2scnc2C)c1Br. The van der Waals surface area contributed by atoms with Gasteiger partial charge in [-0.25, -0.2) is 4.98 Å². The van der Waals surface area contributed by atoms with Crippen molar-refractivity contribution >= 4 is 27.3 Å². The standard InChI is InChI=1S/C13H18BrN3OS/c1-4-10-13(14)11(17(3)16-10)7-18-6-5-12-9(2)15-8-19-12/h8H,4-7H2,1-3H3. The van der Waals surface area contributed by atoms with Crippen molar-refractivity contribution in [1.29, 1.82) is 0 Å². The van der Waals surface area contributed by atoms with E-state index in [0.29, 0.717) is 13.2 Å². The first-order valence-corrected chi connectivity index (χ1v) is 7.97. The number of aryl methyl sites for hydroxylation is 3. The molecule has 104 valence electrons. The van der Waals surface area contributed by atoms with Gasteiger partial charge in [0.15, 0.2) is 0 Å². The molecule has 2 rings (SSSR count). The van der Waals surface area contributed by atoms with Gasteiger partial charge in [-0.2, -0.15) is 5.10 Å². The highest BCUT2D eigenvalue weighted by molar-refractivity contribution is 9.10. The van der Waals surface area contributed by atoms with Gasteiger partial charge in [0.25, 0.3) is 0 Å². The number of rotatable bonds is 6. The minimum atomic E-state index is 0.585. The second-order valence-electron chi connectivity index (χ2n) is 4.35. The van der Waals surface area contributed by atoms with E-state index in [0.717, 1.165) is 34.4 Å². The smallest absolute Gasteiger partial charge is 0.0896 e. The fourth-order valence-corrected chi connectivity index (χ4v) is 3.37. The van der Waals surface area contributed by atoms with Gasteiger partial charge in [-0.3, -0.25) is 4.68 Å². The maximum atomic E-state index is 5.76. The first kappa shape index (κ1) is 14.7. The van der Waals surface area contributed by atoms with Crippen molar-refractivity contribution in [3.8, 4) is 0 Å². The van der Waals surface area contributed by atoms with Gasteiger partial charge >= 0.3 is 0 Å². The molecule has 0 aromatic carbocycles. The fraction of sp³-hybridized carbons (Fsp3) is 0.538. The highest BCUT2D eigenvalue weighted by Crippen LogP contribution is 2.22. The molecule has 0 aliphatic rings. The Hall–Kier alpha value is -0.720. The van der Waals surface area contributed by atoms with E-state index in [9.17, 15) is 0 Å². The van der Waals surface area contributed by atoms with E-state index in [1.807, 2.05) is 24.2 Å². The van der Waals surface area contributed by atoms with Crippen LogP contribution in [0.1, 0.15) is 28.9 Å². The zero-order chi connectivity index (χ0) is 13.8. The molecule has 0 spiro atoms. The van der Waals surface area contributed by atoms with Gasteiger partial charge in [-0.15, -0.1) is 11.3 Å². The van der Waals surface area contributed by atoms with Crippen LogP contribution in [0.3, 0.4) is 0 Å². The van der Waals surface area contributed by atoms with Crippen LogP contribution in [0.4, 0.5) is 0 Å². The number of hydrogen-bond acceptors (Lipinski definition) is 4. The summed E-state index contributed by atoms with van der Waals surface area (Å²) in [6.07, 6.45) is 1.85. The van der Waals surface area contributed by atoms with Gasteiger partial charge in [0.05, 0.1) is 40.3 Å². The Balaban J connectivity index is 1.86. The lowest BCUT2D eigenvalue weighted by atomic mass is 10.3. The van der Waals surface area contributed by atoms with E-state index < -0.39 is 0 Å². The topological polar surface area (TPSA) is 39.9 Å². The first-order valence-electron chi connectivity index (χ1n) is 6.30. The number of ether oxygens (including phenoxy) is 1. The van der Waals surface area contributed by atoms with Crippen LogP contribution in [0.15, 0.2) is 9.98 Å². The molecule has 0 saturated carbocycles. The molecule has 19 heavy (non-hydrogen) atoms. The van der Waals surface area contributed by atoms with Crippen LogP contribution in [0.2, 0.25) is 0 Å². The van der Waals surface area contributed by atoms with Gasteiger partial charge in [-0.1, -0.05) is 6.92 Å². The zero-order valence-electron chi connectivity index (χ0n) is 11.4. The lowest BCUT2D eigenvalue weighted by Gasteiger charge is -2.05. The molecule has 4 nitrogen and oxygen atoms in total. The van der Waals surface area contributed by atoms with E-state index in [1.54, 1.807) is 11.3 Å². The number of hydrogen-bond donors (Lipinski definition) is 0. The fourth-order valence-electron chi connectivity index (χ4n) is 1.88. The summed E-state index contributed by atoms with van der Waals surface area (Å²) in [5.74, 6) is 0. The quantitative estimate of drug-likeness (QED) is 0.755. The lowest BCUT2D eigenvalue weighted by Crippen LogP contribution is -2.04. The summed E-state index contributed by atoms with van der Waals surface area (Å²) in [4.78, 5) is 5.54. The van der Waals surface area contributed by atoms with Crippen molar-refractivity contribution in [3.05, 3.63) is 31.9 Å². The third-order valence-electron chi connectivity index (χ3n) is 3.06. The Bertz CT molecular complexity index is 550. The largest absolute Gasteiger partial charge is 0.375 e. The highest BCUT2D eigenvalue weighted by atomic mass is 79.9. The molecule has 2 aromatic heterocycles. The van der Waals surface area contributed by atoms with Crippen molar-refractivity contribution in [2.24, 2.45) is 7.05 Å². The van der Waals surface area contributed by atoms with Gasteiger partial charge in [0.1, 0.15) is 0 Å². The molecule has 0 radical (unpaired) electrons. The zero-order valence-corrected chi connectivity index (χ0v) is 13.8. The van der Waals surface area contributed by atoms with E-state index in [1.165, 1.54) is 4.88 Å². The summed E-state index contributed by atoms with van der Waals surface area (Å²) < 4.78 is 8.72. The molecule has 0 N–H and O–H groups in total. The minimum Gasteiger partial charge on any atom is -0.375 e. The van der Waals surface area contributed by atoms with Gasteiger partial charge in [0.2, 0.25) is 0 Å². The Morgan fingerprint density at radius 3 is 2.84 bits per heavy atom. The van der Waals surface area contributed by atoms with Crippen LogP contribution < -0.4 is 0 Å². The number of thiazole rings is 1. The van der Waals surface area contributed by atoms with E-state index >= 15 is 0 Å². The summed E-state index contributed by atoms with van der Waals surface area (Å²) in [6.45, 7) is 5.44. The number of halogens is 1. The Morgan fingerprint density at radius 2 is 2.26 bits per heavy atom. The second kappa shape index (κ2) is 6.63. The Morgan fingerprint density at radius 1 is 1.47 bits per heavy atom. The van der Waals surface area contributed by atoms with Crippen LogP contribution in [0.25, 0.3) is 0 Å². The molecular weight excluding hydrogens is 326 g/mol. The molecule has 2 heterocycles. The van der Waals surface area contributed by atoms with Crippen LogP contribution >= 0.6 is 27.3 Å². The molecule has 0 unspecified atom stereocenters. The second-order valence-corrected chi connectivity index (χ2v) is 6.08. The average Bonchev–Trinajstić information content (AvgIpc) is 2.91. The molecule has 0 atom stereocenters. The first-order chi connectivity index (χ1) is 9.13. The summed E-state index contributed by atoms with van der Waals surface area (Å²) in [6, 6.07) is 0. The summed E-state index contributed by atoms with van der Waals surface area (Å²) >= 11 is 5.29. The molecule has 2 aromatic rings. The number of aromatic nitrogens is 3. The van der Waals surface area contributed by atoms with Crippen LogP contribution in [0.5, 0.6) is 0 Å². The van der Waals surface area contributed by atoms with Crippen molar-refractivity contribution in [1.82, 2.24) is 14.8 Å². The molecular formula is C13H18BrN3OS. The summed E-state index contributed by atoms with van der Waals surface area (Å²) in [7, 11) is 1.95. The van der Waals surface area contributed by atoms with E-state index in [-0.39, 0.29) is 0 Å². The van der Waals surface area contributed by atoms with Crippen LogP contribution in [-0.2, 0) is 31.2 Å². The molecule has 6 heteroatoms. The third-order valence-corrected chi connectivity index (χ3v) is 4.97. The minimum absolute atomic E-state index is 0.585. The maximum absolute atomic E-state index is 5.76. The third kappa shape index (κ3) is 3.43. The predicted octanol–water partition coefficient (Wildman–Crippen LogP) is 3.27. The van der Waals surface area contributed by atoms with E-state index in [4.69, 9.17) is 4.74 Å². The number of nitrogens with zero attached hydrogens (tertiary/aromatic N) is 3. The maximum Gasteiger partial charge on any atom is 0.0896 e. The molecule has 0 aliphatic carbocycles. The molecule has 0 amide bonds. The molecule has 0 aliphatic heterocycles. The van der Waals surface area contributed by atoms with Gasteiger partial charge < -0.3 is 4.74 Å². The lowest BCUT2D eigenvalue weighted by molar-refractivity contribution is 0.118. The van der Waals surface area contributed by atoms with Crippen molar-refractivity contribution in [2.75, 3.05) is 6.61 Å². The highest BCUT2D eigenvalue weighted by Gasteiger charge is 2.12. The van der Waals surface area contributed by atoms with Crippen molar-refractivity contribution in [3.63, 3.8) is 0 Å². The summed E-state index contributed by atoms with van der Waals surface area (Å²) in [5, 5.41) is 4.45. The molecule has 0 bridgehead atoms. The van der Waals surface area contributed by atoms with Gasteiger partial charge in [0, 0.05) is 18.3 Å². The van der Waals surface area contributed by atoms with Gasteiger partial charge in [-0.05, 0) is 29.3 Å². The van der Waals surface area contributed by atoms with E-state index in [2.05, 4.69) is 32.9 Å². The predicted molar refractivity (Wildman–Crippen MR) is 80.5 cm³/mol. The summed E-state index contributed by atoms with van der Waals surface area (Å²) in [5.41, 5.74) is 5.18. The van der Waals surface area contributed by atoms with Crippen LogP contribution in [-0.4, -0.2) is 21.4 Å². The normalized spacial score (nSPS) is 11.2. The molecule has 0 saturated heterocycles. The Kier molecular flexibility index (Phi) is 5.13. The van der Waals surface area contributed by atoms with Crippen LogP contribution in [0, 0.1) is 6.92 Å². The molecule has 0 fully saturated rings.